The quantitative estimate of drug-likeness (QED) is 0.766. The SMILES string of the molecule is Cc1ccc(NC(=O)[C@H](N)C(C)C)cc1S(N)(=O)=O.Cl. The minimum absolute atomic E-state index is 0. The van der Waals surface area contributed by atoms with Crippen LogP contribution in [0.1, 0.15) is 19.4 Å². The maximum absolute atomic E-state index is 11.8. The highest BCUT2D eigenvalue weighted by atomic mass is 35.5. The third kappa shape index (κ3) is 4.75. The van der Waals surface area contributed by atoms with Crippen molar-refractivity contribution in [1.82, 2.24) is 0 Å². The number of sulfonamides is 1. The Morgan fingerprint density at radius 3 is 2.30 bits per heavy atom. The van der Waals surface area contributed by atoms with E-state index in [1.165, 1.54) is 6.07 Å². The van der Waals surface area contributed by atoms with E-state index in [0.717, 1.165) is 0 Å². The number of rotatable bonds is 4. The molecule has 0 aromatic heterocycles. The van der Waals surface area contributed by atoms with Crippen molar-refractivity contribution < 1.29 is 13.2 Å². The zero-order valence-electron chi connectivity index (χ0n) is 11.6. The molecule has 0 aliphatic carbocycles. The molecule has 1 amide bonds. The number of primary sulfonamides is 1. The molecule has 0 heterocycles. The summed E-state index contributed by atoms with van der Waals surface area (Å²) in [6.45, 7) is 5.29. The van der Waals surface area contributed by atoms with Crippen LogP contribution < -0.4 is 16.2 Å². The molecule has 0 unspecified atom stereocenters. The summed E-state index contributed by atoms with van der Waals surface area (Å²) >= 11 is 0. The predicted octanol–water partition coefficient (Wildman–Crippen LogP) is 0.986. The van der Waals surface area contributed by atoms with E-state index in [1.54, 1.807) is 19.1 Å². The number of halogens is 1. The van der Waals surface area contributed by atoms with Crippen molar-refractivity contribution in [3.8, 4) is 0 Å². The van der Waals surface area contributed by atoms with E-state index >= 15 is 0 Å². The average molecular weight is 322 g/mol. The molecule has 0 spiro atoms. The van der Waals surface area contributed by atoms with Gasteiger partial charge in [0.05, 0.1) is 10.9 Å². The Hall–Kier alpha value is -1.15. The highest BCUT2D eigenvalue weighted by molar-refractivity contribution is 7.89. The zero-order chi connectivity index (χ0) is 14.8. The summed E-state index contributed by atoms with van der Waals surface area (Å²) in [5.41, 5.74) is 6.59. The van der Waals surface area contributed by atoms with Gasteiger partial charge in [0.25, 0.3) is 0 Å². The second kappa shape index (κ2) is 7.03. The fourth-order valence-electron chi connectivity index (χ4n) is 1.51. The third-order valence-electron chi connectivity index (χ3n) is 2.78. The molecular formula is C12H20ClN3O3S. The Labute approximate surface area is 125 Å². The van der Waals surface area contributed by atoms with Crippen LogP contribution in [0.4, 0.5) is 5.69 Å². The number of amides is 1. The van der Waals surface area contributed by atoms with Crippen LogP contribution in [0.15, 0.2) is 23.1 Å². The number of aryl methyl sites for hydroxylation is 1. The normalized spacial score (nSPS) is 12.7. The third-order valence-corrected chi connectivity index (χ3v) is 3.84. The van der Waals surface area contributed by atoms with E-state index in [1.807, 2.05) is 13.8 Å². The van der Waals surface area contributed by atoms with E-state index in [0.29, 0.717) is 11.3 Å². The number of anilines is 1. The molecule has 5 N–H and O–H groups in total. The predicted molar refractivity (Wildman–Crippen MR) is 81.2 cm³/mol. The van der Waals surface area contributed by atoms with Crippen molar-refractivity contribution in [2.45, 2.75) is 31.7 Å². The van der Waals surface area contributed by atoms with Crippen molar-refractivity contribution >= 4 is 34.0 Å². The van der Waals surface area contributed by atoms with Crippen LogP contribution in [0.2, 0.25) is 0 Å². The van der Waals surface area contributed by atoms with Crippen molar-refractivity contribution in [2.24, 2.45) is 16.8 Å². The summed E-state index contributed by atoms with van der Waals surface area (Å²) in [5.74, 6) is -0.373. The number of hydrogen-bond acceptors (Lipinski definition) is 4. The molecule has 0 radical (unpaired) electrons. The summed E-state index contributed by atoms with van der Waals surface area (Å²) in [7, 11) is -3.81. The van der Waals surface area contributed by atoms with Crippen molar-refractivity contribution in [1.29, 1.82) is 0 Å². The molecule has 1 atom stereocenters. The van der Waals surface area contributed by atoms with Gasteiger partial charge in [0.2, 0.25) is 15.9 Å². The van der Waals surface area contributed by atoms with Gasteiger partial charge in [-0.2, -0.15) is 0 Å². The molecule has 0 fully saturated rings. The number of benzene rings is 1. The topological polar surface area (TPSA) is 115 Å². The van der Waals surface area contributed by atoms with Gasteiger partial charge in [0.1, 0.15) is 0 Å². The number of carbonyl (C=O) groups is 1. The molecule has 1 aromatic carbocycles. The van der Waals surface area contributed by atoms with Crippen LogP contribution in [0.25, 0.3) is 0 Å². The second-order valence-electron chi connectivity index (χ2n) is 4.78. The van der Waals surface area contributed by atoms with Crippen molar-refractivity contribution in [3.05, 3.63) is 23.8 Å². The number of hydrogen-bond donors (Lipinski definition) is 3. The summed E-state index contributed by atoms with van der Waals surface area (Å²) in [6, 6.07) is 3.86. The Morgan fingerprint density at radius 2 is 1.85 bits per heavy atom. The lowest BCUT2D eigenvalue weighted by Crippen LogP contribution is -2.39. The van der Waals surface area contributed by atoms with Gasteiger partial charge in [-0.3, -0.25) is 4.79 Å². The van der Waals surface area contributed by atoms with E-state index in [4.69, 9.17) is 10.9 Å². The first-order chi connectivity index (χ1) is 8.62. The minimum atomic E-state index is -3.81. The first-order valence-electron chi connectivity index (χ1n) is 5.83. The summed E-state index contributed by atoms with van der Waals surface area (Å²) in [5, 5.41) is 7.68. The molecule has 0 saturated heterocycles. The van der Waals surface area contributed by atoms with E-state index < -0.39 is 16.1 Å². The van der Waals surface area contributed by atoms with Gasteiger partial charge in [-0.1, -0.05) is 19.9 Å². The molecule has 1 aromatic rings. The molecule has 20 heavy (non-hydrogen) atoms. The van der Waals surface area contributed by atoms with Gasteiger partial charge in [0.15, 0.2) is 0 Å². The first-order valence-corrected chi connectivity index (χ1v) is 7.37. The Morgan fingerprint density at radius 1 is 1.30 bits per heavy atom. The average Bonchev–Trinajstić information content (AvgIpc) is 2.28. The second-order valence-corrected chi connectivity index (χ2v) is 6.31. The van der Waals surface area contributed by atoms with Crippen LogP contribution in [0.3, 0.4) is 0 Å². The molecule has 114 valence electrons. The maximum Gasteiger partial charge on any atom is 0.241 e. The fourth-order valence-corrected chi connectivity index (χ4v) is 2.32. The summed E-state index contributed by atoms with van der Waals surface area (Å²) in [6.07, 6.45) is 0. The summed E-state index contributed by atoms with van der Waals surface area (Å²) in [4.78, 5) is 11.8. The zero-order valence-corrected chi connectivity index (χ0v) is 13.2. The Balaban J connectivity index is 0.00000361. The van der Waals surface area contributed by atoms with Gasteiger partial charge in [-0.25, -0.2) is 13.6 Å². The Bertz CT molecular complexity index is 588. The highest BCUT2D eigenvalue weighted by Crippen LogP contribution is 2.19. The largest absolute Gasteiger partial charge is 0.325 e. The van der Waals surface area contributed by atoms with Crippen molar-refractivity contribution in [2.75, 3.05) is 5.32 Å². The Kier molecular flexibility index (Phi) is 6.63. The van der Waals surface area contributed by atoms with Gasteiger partial charge in [-0.15, -0.1) is 12.4 Å². The lowest BCUT2D eigenvalue weighted by Gasteiger charge is -2.16. The van der Waals surface area contributed by atoms with Gasteiger partial charge in [-0.05, 0) is 30.5 Å². The summed E-state index contributed by atoms with van der Waals surface area (Å²) < 4.78 is 22.7. The number of nitrogens with two attached hydrogens (primary N) is 2. The van der Waals surface area contributed by atoms with Gasteiger partial charge in [0, 0.05) is 5.69 Å². The first kappa shape index (κ1) is 18.9. The molecule has 0 aliphatic rings. The molecule has 8 heteroatoms. The van der Waals surface area contributed by atoms with Crippen molar-refractivity contribution in [3.63, 3.8) is 0 Å². The fraction of sp³-hybridized carbons (Fsp3) is 0.417. The maximum atomic E-state index is 11.8. The molecule has 0 bridgehead atoms. The molecular weight excluding hydrogens is 302 g/mol. The highest BCUT2D eigenvalue weighted by Gasteiger charge is 2.18. The molecule has 6 nitrogen and oxygen atoms in total. The van der Waals surface area contributed by atoms with E-state index in [-0.39, 0.29) is 29.1 Å². The van der Waals surface area contributed by atoms with Crippen LogP contribution >= 0.6 is 12.4 Å². The molecule has 0 saturated carbocycles. The number of nitrogens with one attached hydrogen (secondary N) is 1. The van der Waals surface area contributed by atoms with Gasteiger partial charge < -0.3 is 11.1 Å². The van der Waals surface area contributed by atoms with Crippen LogP contribution in [0, 0.1) is 12.8 Å². The van der Waals surface area contributed by atoms with Crippen LogP contribution in [-0.4, -0.2) is 20.4 Å². The smallest absolute Gasteiger partial charge is 0.241 e. The van der Waals surface area contributed by atoms with Crippen LogP contribution in [0.5, 0.6) is 0 Å². The minimum Gasteiger partial charge on any atom is -0.325 e. The van der Waals surface area contributed by atoms with Crippen LogP contribution in [-0.2, 0) is 14.8 Å². The number of carbonyl (C=O) groups excluding carboxylic acids is 1. The van der Waals surface area contributed by atoms with E-state index in [2.05, 4.69) is 5.32 Å². The van der Waals surface area contributed by atoms with E-state index in [9.17, 15) is 13.2 Å². The monoisotopic (exact) mass is 321 g/mol. The molecule has 0 aliphatic heterocycles. The lowest BCUT2D eigenvalue weighted by atomic mass is 10.0. The van der Waals surface area contributed by atoms with Gasteiger partial charge >= 0.3 is 0 Å². The molecule has 1 rings (SSSR count). The lowest BCUT2D eigenvalue weighted by molar-refractivity contribution is -0.118. The standard InChI is InChI=1S/C12H19N3O3S.ClH/c1-7(2)11(13)12(16)15-9-5-4-8(3)10(6-9)19(14,17)18;/h4-7,11H,13H2,1-3H3,(H,15,16)(H2,14,17,18);1H/t11-;/m1./s1.